The Hall–Kier alpha value is -13.1. The molecule has 0 spiro atoms. The minimum absolute atomic E-state index is 0.00689. The molecule has 116 heavy (non-hydrogen) atoms. The molecule has 7 heterocycles. The summed E-state index contributed by atoms with van der Waals surface area (Å²) in [5.41, 5.74) is 4.47. The molecular formula is C83H90N4O28S. The second-order valence-electron chi connectivity index (χ2n) is 25.9. The Balaban J connectivity index is 0.000000168. The van der Waals surface area contributed by atoms with Gasteiger partial charge in [0, 0.05) is 113 Å². The number of aromatic nitrogens is 2. The first-order chi connectivity index (χ1) is 55.7. The Morgan fingerprint density at radius 3 is 1.12 bits per heavy atom. The summed E-state index contributed by atoms with van der Waals surface area (Å²) in [7, 11) is 18.1. The molecule has 0 atom stereocenters. The van der Waals surface area contributed by atoms with E-state index >= 15 is 0 Å². The fourth-order valence-corrected chi connectivity index (χ4v) is 14.2. The van der Waals surface area contributed by atoms with Gasteiger partial charge in [-0.2, -0.15) is 4.31 Å². The van der Waals surface area contributed by atoms with E-state index in [4.69, 9.17) is 88.8 Å². The van der Waals surface area contributed by atoms with Gasteiger partial charge in [0.25, 0.3) is 0 Å². The van der Waals surface area contributed by atoms with Crippen molar-refractivity contribution >= 4 is 116 Å². The molecule has 32 nitrogen and oxygen atoms in total. The number of nitrogens with zero attached hydrogens (tertiary/aromatic N) is 3. The number of carbonyl (C=O) groups is 5. The van der Waals surface area contributed by atoms with Crippen LogP contribution in [0.2, 0.25) is 0 Å². The molecular weight excluding hydrogens is 1530 g/mol. The number of fused-ring (bicyclic) bond motifs is 7. The van der Waals surface area contributed by atoms with Crippen molar-refractivity contribution in [2.75, 3.05) is 120 Å². The number of carboxylic acids is 1. The van der Waals surface area contributed by atoms with Crippen molar-refractivity contribution in [2.45, 2.75) is 52.6 Å². The number of ether oxygens (including phenoxy) is 15. The molecule has 0 aliphatic carbocycles. The van der Waals surface area contributed by atoms with Crippen LogP contribution in [0.1, 0.15) is 97.2 Å². The number of sulfonamides is 1. The number of carbonyl (C=O) groups excluding carboxylic acids is 4. The summed E-state index contributed by atoms with van der Waals surface area (Å²) in [6.45, 7) is 12.0. The highest BCUT2D eigenvalue weighted by Crippen LogP contribution is 2.48. The lowest BCUT2D eigenvalue weighted by Crippen LogP contribution is -2.34. The number of methoxy groups -OCH3 is 15. The molecule has 2 N–H and O–H groups in total. The van der Waals surface area contributed by atoms with E-state index in [-0.39, 0.29) is 46.2 Å². The van der Waals surface area contributed by atoms with Crippen LogP contribution in [0.3, 0.4) is 0 Å². The third kappa shape index (κ3) is 18.2. The van der Waals surface area contributed by atoms with Crippen LogP contribution in [0.15, 0.2) is 137 Å². The first-order valence-electron chi connectivity index (χ1n) is 35.4. The van der Waals surface area contributed by atoms with Crippen molar-refractivity contribution in [2.24, 2.45) is 11.8 Å². The van der Waals surface area contributed by atoms with Crippen LogP contribution in [0.4, 0.5) is 0 Å². The molecule has 0 aliphatic heterocycles. The van der Waals surface area contributed by atoms with Crippen molar-refractivity contribution < 1.29 is 131 Å². The topological polar surface area (TPSA) is 385 Å². The maximum atomic E-state index is 13.5. The summed E-state index contributed by atoms with van der Waals surface area (Å²) < 4.78 is 134. The Kier molecular flexibility index (Phi) is 28.9. The Morgan fingerprint density at radius 2 is 0.750 bits per heavy atom. The van der Waals surface area contributed by atoms with Gasteiger partial charge in [-0.15, -0.1) is 0 Å². The molecule has 0 saturated carbocycles. The molecule has 0 unspecified atom stereocenters. The molecule has 7 aromatic heterocycles. The number of hydrogen-bond acceptors (Lipinski definition) is 30. The van der Waals surface area contributed by atoms with Crippen molar-refractivity contribution in [1.29, 1.82) is 0 Å². The number of esters is 4. The summed E-state index contributed by atoms with van der Waals surface area (Å²) >= 11 is 0. The quantitative estimate of drug-likeness (QED) is 0.0375. The number of nitrogens with one attached hydrogen (secondary N) is 1. The maximum Gasteiger partial charge on any atom is 0.373 e. The summed E-state index contributed by atoms with van der Waals surface area (Å²) in [5.74, 6) is 2.75. The Bertz CT molecular complexity index is 5710. The number of aryl methyl sites for hydroxylation is 1. The number of carboxylic acid groups (broad SMARTS) is 1. The first kappa shape index (κ1) is 86.8. The van der Waals surface area contributed by atoms with E-state index in [0.29, 0.717) is 143 Å². The van der Waals surface area contributed by atoms with Crippen LogP contribution < -0.4 is 57.4 Å². The third-order valence-corrected chi connectivity index (χ3v) is 19.6. The predicted octanol–water partition coefficient (Wildman–Crippen LogP) is 15.1. The summed E-state index contributed by atoms with van der Waals surface area (Å²) in [6.07, 6.45) is 6.60. The van der Waals surface area contributed by atoms with Gasteiger partial charge >= 0.3 is 29.8 Å². The molecule has 0 fully saturated rings. The van der Waals surface area contributed by atoms with Crippen LogP contribution >= 0.6 is 0 Å². The van der Waals surface area contributed by atoms with Crippen molar-refractivity contribution in [3.05, 3.63) is 155 Å². The van der Waals surface area contributed by atoms with E-state index in [1.807, 2.05) is 26.8 Å². The van der Waals surface area contributed by atoms with E-state index in [1.54, 1.807) is 114 Å². The highest BCUT2D eigenvalue weighted by molar-refractivity contribution is 7.89. The summed E-state index contributed by atoms with van der Waals surface area (Å²) in [5, 5.41) is 18.4. The van der Waals surface area contributed by atoms with Gasteiger partial charge in [0.05, 0.1) is 138 Å². The number of benzene rings is 6. The zero-order valence-electron chi connectivity index (χ0n) is 67.6. The molecule has 13 rings (SSSR count). The molecule has 13 aromatic rings. The van der Waals surface area contributed by atoms with E-state index in [9.17, 15) is 32.4 Å². The fraction of sp³-hybridized carbons (Fsp3) is 0.313. The van der Waals surface area contributed by atoms with Crippen LogP contribution in [-0.4, -0.2) is 177 Å². The number of furan rings is 5. The SMILES string of the molecule is COC(=O)c1cc2c(OC)c(CN(CC(C)C)S(=O)(=O)c3ccc(C)cc3)cc(OC)c2o1.COC(=O)c1cc2c(OC)c(CNCC(C)C)cc(OC)c2o1.COC(=O)c1cc2c(OC)c(OC)cc(OC)c2o1.COC(=O)c1cc2c(OC)c3cnccc3c(OC)c2o1.COc1c2cnccc2c(OC)c2oc(C(=O)O)cc12. The van der Waals surface area contributed by atoms with Gasteiger partial charge < -0.3 is 104 Å². The Morgan fingerprint density at radius 1 is 0.397 bits per heavy atom. The minimum Gasteiger partial charge on any atom is -0.496 e. The van der Waals surface area contributed by atoms with E-state index < -0.39 is 39.9 Å². The van der Waals surface area contributed by atoms with Gasteiger partial charge in [-0.1, -0.05) is 45.4 Å². The molecule has 0 aliphatic rings. The highest BCUT2D eigenvalue weighted by atomic mass is 32.2. The van der Waals surface area contributed by atoms with Crippen LogP contribution in [-0.2, 0) is 42.1 Å². The lowest BCUT2D eigenvalue weighted by molar-refractivity contribution is 0.0559. The van der Waals surface area contributed by atoms with Crippen molar-refractivity contribution in [1.82, 2.24) is 19.6 Å². The second-order valence-corrected chi connectivity index (χ2v) is 27.8. The second kappa shape index (κ2) is 38.6. The van der Waals surface area contributed by atoms with Crippen LogP contribution in [0, 0.1) is 18.8 Å². The smallest absolute Gasteiger partial charge is 0.373 e. The minimum atomic E-state index is -3.78. The molecule has 0 amide bonds. The number of pyridine rings is 2. The number of hydrogen-bond donors (Lipinski definition) is 2. The van der Waals surface area contributed by atoms with Gasteiger partial charge in [0.15, 0.2) is 68.2 Å². The lowest BCUT2D eigenvalue weighted by Gasteiger charge is -2.25. The molecule has 0 saturated heterocycles. The van der Waals surface area contributed by atoms with Gasteiger partial charge in [-0.05, 0) is 61.7 Å². The monoisotopic (exact) mass is 1620 g/mol. The first-order valence-corrected chi connectivity index (χ1v) is 36.8. The zero-order chi connectivity index (χ0) is 84.6. The fourth-order valence-electron chi connectivity index (χ4n) is 12.6. The number of rotatable bonds is 26. The van der Waals surface area contributed by atoms with Gasteiger partial charge in [-0.25, -0.2) is 32.4 Å². The average molecular weight is 1620 g/mol. The summed E-state index contributed by atoms with van der Waals surface area (Å²) in [6, 6.07) is 23.2. The molecule has 0 bridgehead atoms. The van der Waals surface area contributed by atoms with E-state index in [0.717, 1.165) is 39.2 Å². The molecule has 33 heteroatoms. The standard InChI is InChI=1S/C24H29NO7S.C17H23NO5.C15H13NO5.C14H11NO5.C13H14O6/c1-15(2)13-25(33(27,28)18-9-7-16(3)8-10-18)14-17-11-20(29-4)23-19(22(17)30-5)12-21(32-23)24(26)31-6;1-10(2)8-18-9-11-6-13(20-3)16-12(15(11)21-4)7-14(23-16)17(19)22-5;1-18-12-9-6-11(15(17)20-3)21-14(9)13(19-2)8-4-5-16-7-10(8)12;1-18-11-8-5-10(14(16)17)20-13(8)12(19-2)7-3-4-15-6-9(7)11;1-15-8-6-9(16-2)12-7(11(8)17-3)5-10(19-12)13(14)18-4/h7-12,15H,13-14H2,1-6H3;6-7,10,18H,8-9H2,1-5H3;4-7H,1-3H3;3-6H,1-2H3,(H,16,17);5-6H,1-4H3. The third-order valence-electron chi connectivity index (χ3n) is 17.8. The molecule has 0 radical (unpaired) electrons. The lowest BCUT2D eigenvalue weighted by atomic mass is 10.1. The van der Waals surface area contributed by atoms with Crippen LogP contribution in [0.5, 0.6) is 63.2 Å². The Labute approximate surface area is 666 Å². The summed E-state index contributed by atoms with van der Waals surface area (Å²) in [4.78, 5) is 66.3. The van der Waals surface area contributed by atoms with Crippen molar-refractivity contribution in [3.63, 3.8) is 0 Å². The largest absolute Gasteiger partial charge is 0.496 e. The predicted molar refractivity (Wildman–Crippen MR) is 426 cm³/mol. The molecule has 616 valence electrons. The van der Waals surface area contributed by atoms with Gasteiger partial charge in [0.2, 0.25) is 38.8 Å². The van der Waals surface area contributed by atoms with E-state index in [1.165, 1.54) is 101 Å². The number of aromatic carboxylic acids is 1. The molecule has 6 aromatic carbocycles. The van der Waals surface area contributed by atoms with Gasteiger partial charge in [-0.3, -0.25) is 9.97 Å². The zero-order valence-corrected chi connectivity index (χ0v) is 68.4. The van der Waals surface area contributed by atoms with Crippen LogP contribution in [0.25, 0.3) is 76.4 Å². The van der Waals surface area contributed by atoms with Crippen molar-refractivity contribution in [3.8, 4) is 63.2 Å². The van der Waals surface area contributed by atoms with Gasteiger partial charge in [0.1, 0.15) is 23.0 Å². The normalized spacial score (nSPS) is 11.1. The highest BCUT2D eigenvalue weighted by Gasteiger charge is 2.31. The average Bonchev–Trinajstić information content (AvgIpc) is 1.62. The maximum absolute atomic E-state index is 13.5. The van der Waals surface area contributed by atoms with E-state index in [2.05, 4.69) is 38.6 Å².